The molecule has 0 aliphatic carbocycles. The predicted octanol–water partition coefficient (Wildman–Crippen LogP) is 1.93. The van der Waals surface area contributed by atoms with E-state index in [2.05, 4.69) is 20.6 Å². The van der Waals surface area contributed by atoms with Crippen LogP contribution in [0.1, 0.15) is 16.4 Å². The fourth-order valence-corrected chi connectivity index (χ4v) is 3.21. The lowest BCUT2D eigenvalue weighted by Gasteiger charge is -2.04. The van der Waals surface area contributed by atoms with Gasteiger partial charge in [-0.3, -0.25) is 9.48 Å². The second kappa shape index (κ2) is 5.70. The van der Waals surface area contributed by atoms with Crippen molar-refractivity contribution in [1.82, 2.24) is 20.0 Å². The van der Waals surface area contributed by atoms with Crippen molar-refractivity contribution in [3.05, 3.63) is 16.4 Å². The average Bonchev–Trinajstić information content (AvgIpc) is 2.86. The zero-order valence-electron chi connectivity index (χ0n) is 11.2. The van der Waals surface area contributed by atoms with Crippen LogP contribution in [0, 0.1) is 20.8 Å². The number of thioether (sulfide) groups is 1. The molecule has 0 saturated heterocycles. The number of amides is 1. The van der Waals surface area contributed by atoms with Gasteiger partial charge in [-0.2, -0.15) is 5.10 Å². The maximum atomic E-state index is 11.9. The highest BCUT2D eigenvalue weighted by molar-refractivity contribution is 8.01. The predicted molar refractivity (Wildman–Crippen MR) is 76.7 cm³/mol. The SMILES string of the molecule is Cc1nnc(SCC(=O)Nc2c(C)nn(C)c2C)s1. The minimum absolute atomic E-state index is 0.0583. The monoisotopic (exact) mass is 297 g/mol. The van der Waals surface area contributed by atoms with Crippen LogP contribution < -0.4 is 5.32 Å². The van der Waals surface area contributed by atoms with E-state index < -0.39 is 0 Å². The highest BCUT2D eigenvalue weighted by Gasteiger charge is 2.13. The topological polar surface area (TPSA) is 72.7 Å². The van der Waals surface area contributed by atoms with E-state index in [1.54, 1.807) is 4.68 Å². The summed E-state index contributed by atoms with van der Waals surface area (Å²) in [6, 6.07) is 0. The fraction of sp³-hybridized carbons (Fsp3) is 0.455. The maximum Gasteiger partial charge on any atom is 0.234 e. The van der Waals surface area contributed by atoms with E-state index in [4.69, 9.17) is 0 Å². The van der Waals surface area contributed by atoms with Gasteiger partial charge in [-0.15, -0.1) is 10.2 Å². The summed E-state index contributed by atoms with van der Waals surface area (Å²) >= 11 is 2.88. The van der Waals surface area contributed by atoms with Gasteiger partial charge in [0.1, 0.15) is 5.01 Å². The third kappa shape index (κ3) is 3.32. The number of carbonyl (C=O) groups excluding carboxylic acids is 1. The van der Waals surface area contributed by atoms with Gasteiger partial charge in [0.2, 0.25) is 5.91 Å². The van der Waals surface area contributed by atoms with E-state index >= 15 is 0 Å². The van der Waals surface area contributed by atoms with Gasteiger partial charge >= 0.3 is 0 Å². The highest BCUT2D eigenvalue weighted by atomic mass is 32.2. The molecule has 2 heterocycles. The lowest BCUT2D eigenvalue weighted by atomic mass is 10.3. The zero-order chi connectivity index (χ0) is 14.0. The van der Waals surface area contributed by atoms with Crippen molar-refractivity contribution < 1.29 is 4.79 Å². The summed E-state index contributed by atoms with van der Waals surface area (Å²) < 4.78 is 2.57. The second-order valence-corrected chi connectivity index (χ2v) is 6.50. The van der Waals surface area contributed by atoms with Crippen molar-refractivity contribution in [3.63, 3.8) is 0 Å². The Hall–Kier alpha value is -1.41. The summed E-state index contributed by atoms with van der Waals surface area (Å²) in [6.07, 6.45) is 0. The second-order valence-electron chi connectivity index (χ2n) is 4.09. The molecule has 6 nitrogen and oxygen atoms in total. The van der Waals surface area contributed by atoms with Gasteiger partial charge < -0.3 is 5.32 Å². The van der Waals surface area contributed by atoms with Gasteiger partial charge in [-0.1, -0.05) is 23.1 Å². The minimum atomic E-state index is -0.0583. The Morgan fingerprint density at radius 3 is 2.63 bits per heavy atom. The molecular weight excluding hydrogens is 282 g/mol. The number of aromatic nitrogens is 4. The van der Waals surface area contributed by atoms with E-state index in [0.29, 0.717) is 5.75 Å². The van der Waals surface area contributed by atoms with Gasteiger partial charge in [0.05, 0.1) is 22.8 Å². The molecule has 2 rings (SSSR count). The van der Waals surface area contributed by atoms with Crippen LogP contribution >= 0.6 is 23.1 Å². The molecule has 19 heavy (non-hydrogen) atoms. The molecule has 0 bridgehead atoms. The van der Waals surface area contributed by atoms with Gasteiger partial charge in [-0.25, -0.2) is 0 Å². The van der Waals surface area contributed by atoms with Crippen molar-refractivity contribution in [3.8, 4) is 0 Å². The molecule has 0 fully saturated rings. The largest absolute Gasteiger partial charge is 0.322 e. The van der Waals surface area contributed by atoms with Crippen LogP contribution in [0.25, 0.3) is 0 Å². The summed E-state index contributed by atoms with van der Waals surface area (Å²) in [5.74, 6) is 0.264. The van der Waals surface area contributed by atoms with Crippen molar-refractivity contribution in [1.29, 1.82) is 0 Å². The first-order valence-corrected chi connectivity index (χ1v) is 7.50. The first-order valence-electron chi connectivity index (χ1n) is 5.70. The third-order valence-electron chi connectivity index (χ3n) is 2.61. The van der Waals surface area contributed by atoms with Crippen molar-refractivity contribution >= 4 is 34.7 Å². The summed E-state index contributed by atoms with van der Waals surface area (Å²) in [5.41, 5.74) is 2.56. The Bertz CT molecular complexity index is 604. The van der Waals surface area contributed by atoms with Crippen LogP contribution in [-0.2, 0) is 11.8 Å². The number of hydrogen-bond donors (Lipinski definition) is 1. The van der Waals surface area contributed by atoms with Crippen molar-refractivity contribution in [2.75, 3.05) is 11.1 Å². The first kappa shape index (κ1) is 14.0. The number of nitrogens with zero attached hydrogens (tertiary/aromatic N) is 4. The van der Waals surface area contributed by atoms with Gasteiger partial charge in [0.25, 0.3) is 0 Å². The fourth-order valence-electron chi connectivity index (χ4n) is 1.59. The normalized spacial score (nSPS) is 10.7. The molecule has 0 aliphatic heterocycles. The highest BCUT2D eigenvalue weighted by Crippen LogP contribution is 2.23. The number of hydrogen-bond acceptors (Lipinski definition) is 6. The molecule has 102 valence electrons. The van der Waals surface area contributed by atoms with E-state index in [0.717, 1.165) is 26.4 Å². The lowest BCUT2D eigenvalue weighted by molar-refractivity contribution is -0.113. The number of aryl methyl sites for hydroxylation is 3. The molecule has 0 spiro atoms. The van der Waals surface area contributed by atoms with Gasteiger partial charge in [0.15, 0.2) is 4.34 Å². The van der Waals surface area contributed by atoms with Gasteiger partial charge in [0, 0.05) is 7.05 Å². The quantitative estimate of drug-likeness (QED) is 0.873. The Balaban J connectivity index is 1.94. The van der Waals surface area contributed by atoms with E-state index in [1.807, 2.05) is 27.8 Å². The third-order valence-corrected chi connectivity index (χ3v) is 4.58. The van der Waals surface area contributed by atoms with E-state index in [1.165, 1.54) is 23.1 Å². The van der Waals surface area contributed by atoms with E-state index in [-0.39, 0.29) is 5.91 Å². The molecular formula is C11H15N5OS2. The number of carbonyl (C=O) groups is 1. The molecule has 1 amide bonds. The van der Waals surface area contributed by atoms with Crippen molar-refractivity contribution in [2.45, 2.75) is 25.1 Å². The van der Waals surface area contributed by atoms with Crippen LogP contribution in [0.2, 0.25) is 0 Å². The molecule has 0 unspecified atom stereocenters. The molecule has 0 radical (unpaired) electrons. The molecule has 2 aromatic rings. The number of anilines is 1. The Kier molecular flexibility index (Phi) is 4.20. The van der Waals surface area contributed by atoms with Crippen LogP contribution in [0.3, 0.4) is 0 Å². The standard InChI is InChI=1S/C11H15N5OS2/c1-6-10(7(2)16(4)15-6)12-9(17)5-18-11-14-13-8(3)19-11/h5H2,1-4H3,(H,12,17). The molecule has 2 aromatic heterocycles. The summed E-state index contributed by atoms with van der Waals surface area (Å²) in [5, 5.41) is 15.9. The van der Waals surface area contributed by atoms with Crippen LogP contribution in [0.5, 0.6) is 0 Å². The maximum absolute atomic E-state index is 11.9. The smallest absolute Gasteiger partial charge is 0.234 e. The Morgan fingerprint density at radius 2 is 2.11 bits per heavy atom. The van der Waals surface area contributed by atoms with E-state index in [9.17, 15) is 4.79 Å². The van der Waals surface area contributed by atoms with Crippen molar-refractivity contribution in [2.24, 2.45) is 7.05 Å². The number of nitrogens with one attached hydrogen (secondary N) is 1. The molecule has 0 aromatic carbocycles. The van der Waals surface area contributed by atoms with Crippen LogP contribution in [0.15, 0.2) is 4.34 Å². The summed E-state index contributed by atoms with van der Waals surface area (Å²) in [6.45, 7) is 5.70. The van der Waals surface area contributed by atoms with Crippen LogP contribution in [0.4, 0.5) is 5.69 Å². The Morgan fingerprint density at radius 1 is 1.37 bits per heavy atom. The average molecular weight is 297 g/mol. The van der Waals surface area contributed by atoms with Gasteiger partial charge in [-0.05, 0) is 20.8 Å². The Labute approximate surface area is 119 Å². The molecule has 0 aliphatic rings. The molecule has 1 N–H and O–H groups in total. The minimum Gasteiger partial charge on any atom is -0.322 e. The zero-order valence-corrected chi connectivity index (χ0v) is 12.9. The lowest BCUT2D eigenvalue weighted by Crippen LogP contribution is -2.15. The number of rotatable bonds is 4. The summed E-state index contributed by atoms with van der Waals surface area (Å²) in [4.78, 5) is 11.9. The summed E-state index contributed by atoms with van der Waals surface area (Å²) in [7, 11) is 1.86. The van der Waals surface area contributed by atoms with Crippen LogP contribution in [-0.4, -0.2) is 31.6 Å². The molecule has 0 atom stereocenters. The molecule has 0 saturated carbocycles. The first-order chi connectivity index (χ1) is 8.97. The molecule has 8 heteroatoms.